The fraction of sp³-hybridized carbons (Fsp3) is 0.769. The number of nitrogens with one attached hydrogen (secondary N) is 1. The zero-order valence-electron chi connectivity index (χ0n) is 11.5. The lowest BCUT2D eigenvalue weighted by Gasteiger charge is -2.23. The third-order valence-electron chi connectivity index (χ3n) is 2.99. The van der Waals surface area contributed by atoms with Crippen LogP contribution in [0.1, 0.15) is 44.8 Å². The molecule has 1 N–H and O–H groups in total. The summed E-state index contributed by atoms with van der Waals surface area (Å²) >= 11 is 1.69. The van der Waals surface area contributed by atoms with Crippen molar-refractivity contribution in [3.8, 4) is 0 Å². The third kappa shape index (κ3) is 4.05. The normalized spacial score (nSPS) is 15.2. The number of methoxy groups -OCH3 is 1. The minimum absolute atomic E-state index is 0.235. The van der Waals surface area contributed by atoms with Crippen LogP contribution in [-0.4, -0.2) is 18.6 Å². The molecule has 0 aromatic carbocycles. The highest BCUT2D eigenvalue weighted by atomic mass is 32.1. The molecule has 3 nitrogen and oxygen atoms in total. The second-order valence-electron chi connectivity index (χ2n) is 4.96. The minimum atomic E-state index is -0.235. The molecular formula is C13H24N2OS. The van der Waals surface area contributed by atoms with Crippen molar-refractivity contribution < 1.29 is 4.74 Å². The molecule has 0 spiro atoms. The smallest absolute Gasteiger partial charge is 0.125 e. The van der Waals surface area contributed by atoms with Crippen LogP contribution in [0.2, 0.25) is 0 Å². The van der Waals surface area contributed by atoms with Crippen LogP contribution < -0.4 is 5.32 Å². The number of ether oxygens (including phenoxy) is 1. The van der Waals surface area contributed by atoms with Gasteiger partial charge in [0, 0.05) is 19.0 Å². The average molecular weight is 256 g/mol. The van der Waals surface area contributed by atoms with E-state index in [4.69, 9.17) is 4.74 Å². The quantitative estimate of drug-likeness (QED) is 0.813. The number of rotatable bonds is 7. The number of thiazole rings is 1. The van der Waals surface area contributed by atoms with Gasteiger partial charge in [-0.25, -0.2) is 4.98 Å². The van der Waals surface area contributed by atoms with Crippen LogP contribution in [0.3, 0.4) is 0 Å². The third-order valence-corrected chi connectivity index (χ3v) is 4.12. The number of aromatic nitrogens is 1. The van der Waals surface area contributed by atoms with E-state index in [1.54, 1.807) is 18.4 Å². The standard InChI is InChI=1S/C13H24N2OS/c1-6-13(4,16-5)12-15-11(9-17-12)8-14-7-10(2)3/h9-10,14H,6-8H2,1-5H3. The highest BCUT2D eigenvalue weighted by molar-refractivity contribution is 7.09. The molecule has 1 unspecified atom stereocenters. The van der Waals surface area contributed by atoms with Gasteiger partial charge in [-0.3, -0.25) is 0 Å². The van der Waals surface area contributed by atoms with Crippen LogP contribution in [0.15, 0.2) is 5.38 Å². The molecule has 0 aliphatic heterocycles. The first-order valence-corrected chi connectivity index (χ1v) is 7.10. The van der Waals surface area contributed by atoms with Crippen molar-refractivity contribution >= 4 is 11.3 Å². The highest BCUT2D eigenvalue weighted by Gasteiger charge is 2.27. The average Bonchev–Trinajstić information content (AvgIpc) is 2.77. The van der Waals surface area contributed by atoms with Crippen molar-refractivity contribution in [3.05, 3.63) is 16.1 Å². The van der Waals surface area contributed by atoms with Gasteiger partial charge in [-0.15, -0.1) is 11.3 Å². The summed E-state index contributed by atoms with van der Waals surface area (Å²) < 4.78 is 5.56. The van der Waals surface area contributed by atoms with E-state index in [1.165, 1.54) is 0 Å². The summed E-state index contributed by atoms with van der Waals surface area (Å²) in [5, 5.41) is 6.60. The van der Waals surface area contributed by atoms with E-state index in [1.807, 2.05) is 0 Å². The molecule has 0 radical (unpaired) electrons. The van der Waals surface area contributed by atoms with Crippen LogP contribution in [-0.2, 0) is 16.9 Å². The lowest BCUT2D eigenvalue weighted by atomic mass is 10.1. The zero-order chi connectivity index (χ0) is 12.9. The van der Waals surface area contributed by atoms with Gasteiger partial charge in [-0.1, -0.05) is 20.8 Å². The second-order valence-corrected chi connectivity index (χ2v) is 5.82. The summed E-state index contributed by atoms with van der Waals surface area (Å²) in [4.78, 5) is 4.65. The monoisotopic (exact) mass is 256 g/mol. The summed E-state index contributed by atoms with van der Waals surface area (Å²) in [6, 6.07) is 0. The Morgan fingerprint density at radius 2 is 2.24 bits per heavy atom. The van der Waals surface area contributed by atoms with E-state index < -0.39 is 0 Å². The molecule has 0 fully saturated rings. The molecule has 0 bridgehead atoms. The predicted molar refractivity (Wildman–Crippen MR) is 73.3 cm³/mol. The molecule has 17 heavy (non-hydrogen) atoms. The summed E-state index contributed by atoms with van der Waals surface area (Å²) in [6.45, 7) is 10.5. The molecular weight excluding hydrogens is 232 g/mol. The van der Waals surface area contributed by atoms with E-state index in [9.17, 15) is 0 Å². The van der Waals surface area contributed by atoms with Gasteiger partial charge in [-0.05, 0) is 25.8 Å². The van der Waals surface area contributed by atoms with E-state index in [2.05, 4.69) is 43.4 Å². The Balaban J connectivity index is 2.59. The van der Waals surface area contributed by atoms with Crippen molar-refractivity contribution in [2.75, 3.05) is 13.7 Å². The van der Waals surface area contributed by atoms with Gasteiger partial charge in [0.15, 0.2) is 0 Å². The molecule has 1 heterocycles. The molecule has 4 heteroatoms. The molecule has 0 aliphatic carbocycles. The minimum Gasteiger partial charge on any atom is -0.371 e. The van der Waals surface area contributed by atoms with Gasteiger partial charge in [0.05, 0.1) is 5.69 Å². The molecule has 0 aliphatic rings. The number of nitrogens with zero attached hydrogens (tertiary/aromatic N) is 1. The predicted octanol–water partition coefficient (Wildman–Crippen LogP) is 3.16. The summed E-state index contributed by atoms with van der Waals surface area (Å²) in [5.74, 6) is 0.674. The SMILES string of the molecule is CCC(C)(OC)c1nc(CNCC(C)C)cs1. The Kier molecular flexibility index (Phi) is 5.56. The van der Waals surface area contributed by atoms with E-state index >= 15 is 0 Å². The molecule has 1 aromatic heterocycles. The first kappa shape index (κ1) is 14.6. The van der Waals surface area contributed by atoms with Gasteiger partial charge in [0.25, 0.3) is 0 Å². The Morgan fingerprint density at radius 3 is 2.76 bits per heavy atom. The number of hydrogen-bond donors (Lipinski definition) is 1. The molecule has 1 aromatic rings. The Bertz CT molecular complexity index is 332. The molecule has 98 valence electrons. The van der Waals surface area contributed by atoms with E-state index in [0.717, 1.165) is 30.2 Å². The van der Waals surface area contributed by atoms with Crippen molar-refractivity contribution in [2.24, 2.45) is 5.92 Å². The summed E-state index contributed by atoms with van der Waals surface area (Å²) in [5.41, 5.74) is 0.878. The maximum atomic E-state index is 5.56. The summed E-state index contributed by atoms with van der Waals surface area (Å²) in [6.07, 6.45) is 0.940. The van der Waals surface area contributed by atoms with Gasteiger partial charge in [-0.2, -0.15) is 0 Å². The Morgan fingerprint density at radius 1 is 1.53 bits per heavy atom. The van der Waals surface area contributed by atoms with Gasteiger partial charge in [0.1, 0.15) is 10.6 Å². The lowest BCUT2D eigenvalue weighted by Crippen LogP contribution is -2.23. The van der Waals surface area contributed by atoms with Crippen LogP contribution in [0, 0.1) is 5.92 Å². The first-order chi connectivity index (χ1) is 8.01. The highest BCUT2D eigenvalue weighted by Crippen LogP contribution is 2.30. The summed E-state index contributed by atoms with van der Waals surface area (Å²) in [7, 11) is 1.75. The Hall–Kier alpha value is -0.450. The van der Waals surface area contributed by atoms with Crippen molar-refractivity contribution in [1.29, 1.82) is 0 Å². The van der Waals surface area contributed by atoms with Crippen molar-refractivity contribution in [1.82, 2.24) is 10.3 Å². The molecule has 0 saturated carbocycles. The molecule has 1 rings (SSSR count). The van der Waals surface area contributed by atoms with Crippen LogP contribution >= 0.6 is 11.3 Å². The fourth-order valence-electron chi connectivity index (χ4n) is 1.50. The maximum Gasteiger partial charge on any atom is 0.125 e. The Labute approximate surface area is 109 Å². The number of hydrogen-bond acceptors (Lipinski definition) is 4. The van der Waals surface area contributed by atoms with Gasteiger partial charge in [0.2, 0.25) is 0 Å². The van der Waals surface area contributed by atoms with Crippen molar-refractivity contribution in [3.63, 3.8) is 0 Å². The zero-order valence-corrected chi connectivity index (χ0v) is 12.4. The lowest BCUT2D eigenvalue weighted by molar-refractivity contribution is -0.00167. The first-order valence-electron chi connectivity index (χ1n) is 6.22. The second kappa shape index (κ2) is 6.47. The largest absolute Gasteiger partial charge is 0.371 e. The topological polar surface area (TPSA) is 34.1 Å². The van der Waals surface area contributed by atoms with Gasteiger partial charge >= 0.3 is 0 Å². The van der Waals surface area contributed by atoms with Crippen LogP contribution in [0.4, 0.5) is 0 Å². The fourth-order valence-corrected chi connectivity index (χ4v) is 2.53. The maximum absolute atomic E-state index is 5.56. The molecule has 0 saturated heterocycles. The van der Waals surface area contributed by atoms with Crippen LogP contribution in [0.5, 0.6) is 0 Å². The van der Waals surface area contributed by atoms with E-state index in [-0.39, 0.29) is 5.60 Å². The van der Waals surface area contributed by atoms with Crippen molar-refractivity contribution in [2.45, 2.75) is 46.3 Å². The van der Waals surface area contributed by atoms with Gasteiger partial charge < -0.3 is 10.1 Å². The van der Waals surface area contributed by atoms with E-state index in [0.29, 0.717) is 5.92 Å². The van der Waals surface area contributed by atoms with Crippen LogP contribution in [0.25, 0.3) is 0 Å². The molecule has 1 atom stereocenters. The molecule has 0 amide bonds.